The van der Waals surface area contributed by atoms with Gasteiger partial charge in [0.2, 0.25) is 0 Å². The zero-order chi connectivity index (χ0) is 21.3. The van der Waals surface area contributed by atoms with E-state index in [-0.39, 0.29) is 30.4 Å². The molecule has 0 spiro atoms. The topological polar surface area (TPSA) is 67.8 Å². The maximum Gasteiger partial charge on any atom is 0.257 e. The first-order chi connectivity index (χ1) is 14.4. The highest BCUT2D eigenvalue weighted by Crippen LogP contribution is 2.47. The maximum atomic E-state index is 14.8. The summed E-state index contributed by atoms with van der Waals surface area (Å²) in [7, 11) is 0. The van der Waals surface area contributed by atoms with Crippen LogP contribution in [0.2, 0.25) is 0 Å². The second-order valence-electron chi connectivity index (χ2n) is 7.13. The molecule has 3 atom stereocenters. The second-order valence-corrected chi connectivity index (χ2v) is 8.51. The summed E-state index contributed by atoms with van der Waals surface area (Å²) in [6, 6.07) is 11.9. The normalized spacial score (nSPS) is 25.8. The number of ether oxygens (including phenoxy) is 1. The molecule has 0 unspecified atom stereocenters. The van der Waals surface area contributed by atoms with Crippen LogP contribution in [0.4, 0.5) is 8.78 Å². The zero-order valence-electron chi connectivity index (χ0n) is 15.6. The minimum absolute atomic E-state index is 0.116. The number of amidine groups is 1. The Kier molecular flexibility index (Phi) is 5.90. The van der Waals surface area contributed by atoms with Crippen LogP contribution in [-0.2, 0) is 15.1 Å². The molecule has 0 saturated carbocycles. The molecule has 1 amide bonds. The van der Waals surface area contributed by atoms with Crippen LogP contribution in [0.15, 0.2) is 53.5 Å². The number of rotatable bonds is 3. The van der Waals surface area contributed by atoms with Crippen molar-refractivity contribution >= 4 is 39.7 Å². The lowest BCUT2D eigenvalue weighted by Gasteiger charge is -2.45. The molecule has 156 valence electrons. The third-order valence-electron chi connectivity index (χ3n) is 5.31. The fraction of sp³-hybridized carbons (Fsp3) is 0.286. The highest BCUT2D eigenvalue weighted by atomic mass is 35.5. The quantitative estimate of drug-likeness (QED) is 0.721. The Labute approximate surface area is 180 Å². The number of benzene rings is 2. The Morgan fingerprint density at radius 3 is 2.67 bits per heavy atom. The summed E-state index contributed by atoms with van der Waals surface area (Å²) < 4.78 is 33.9. The van der Waals surface area contributed by atoms with Gasteiger partial charge in [0.1, 0.15) is 23.3 Å². The predicted octanol–water partition coefficient (Wildman–Crippen LogP) is 3.86. The van der Waals surface area contributed by atoms with E-state index in [4.69, 9.17) is 16.3 Å². The highest BCUT2D eigenvalue weighted by molar-refractivity contribution is 8.13. The minimum atomic E-state index is -1.20. The molecule has 5 nitrogen and oxygen atoms in total. The first-order valence-electron chi connectivity index (χ1n) is 9.24. The first kappa shape index (κ1) is 21.0. The largest absolute Gasteiger partial charge is 0.366 e. The Morgan fingerprint density at radius 2 is 1.97 bits per heavy atom. The lowest BCUT2D eigenvalue weighted by molar-refractivity contribution is -0.131. The van der Waals surface area contributed by atoms with Crippen LogP contribution in [0.5, 0.6) is 0 Å². The van der Waals surface area contributed by atoms with Gasteiger partial charge >= 0.3 is 0 Å². The average Bonchev–Trinajstić information content (AvgIpc) is 2.73. The summed E-state index contributed by atoms with van der Waals surface area (Å²) in [6.07, 6.45) is -0.570. The Bertz CT molecular complexity index is 1020. The Balaban J connectivity index is 1.71. The molecule has 1 N–H and O–H groups in total. The van der Waals surface area contributed by atoms with Crippen molar-refractivity contribution in [2.75, 3.05) is 12.4 Å². The smallest absolute Gasteiger partial charge is 0.257 e. The lowest BCUT2D eigenvalue weighted by atomic mass is 9.75. The van der Waals surface area contributed by atoms with Gasteiger partial charge in [-0.1, -0.05) is 36.0 Å². The summed E-state index contributed by atoms with van der Waals surface area (Å²) >= 11 is 6.91. The number of halogens is 3. The van der Waals surface area contributed by atoms with Crippen molar-refractivity contribution in [1.29, 1.82) is 0 Å². The van der Waals surface area contributed by atoms with E-state index in [1.807, 2.05) is 0 Å². The third-order valence-corrected chi connectivity index (χ3v) is 6.59. The van der Waals surface area contributed by atoms with Gasteiger partial charge in [-0.15, -0.1) is 0 Å². The molecule has 1 saturated heterocycles. The summed E-state index contributed by atoms with van der Waals surface area (Å²) in [4.78, 5) is 28.8. The van der Waals surface area contributed by atoms with Gasteiger partial charge in [0.05, 0.1) is 6.61 Å². The van der Waals surface area contributed by atoms with Crippen LogP contribution in [0.25, 0.3) is 0 Å². The molecule has 0 radical (unpaired) electrons. The molecule has 30 heavy (non-hydrogen) atoms. The number of carbonyl (C=O) groups excluding carboxylic acids is 2. The van der Waals surface area contributed by atoms with E-state index in [1.54, 1.807) is 30.3 Å². The van der Waals surface area contributed by atoms with Crippen molar-refractivity contribution in [3.05, 3.63) is 71.3 Å². The molecule has 0 aromatic heterocycles. The van der Waals surface area contributed by atoms with Crippen LogP contribution < -0.4 is 5.32 Å². The van der Waals surface area contributed by atoms with Crippen molar-refractivity contribution in [1.82, 2.24) is 5.32 Å². The van der Waals surface area contributed by atoms with Gasteiger partial charge in [-0.25, -0.2) is 13.8 Å². The Hall–Kier alpha value is -2.29. The van der Waals surface area contributed by atoms with Gasteiger partial charge in [-0.05, 0) is 36.2 Å². The molecule has 0 aliphatic carbocycles. The van der Waals surface area contributed by atoms with Crippen molar-refractivity contribution in [2.24, 2.45) is 10.9 Å². The van der Waals surface area contributed by atoms with Crippen LogP contribution in [0, 0.1) is 17.6 Å². The number of hydrogen-bond donors (Lipinski definition) is 1. The number of carbonyl (C=O) groups is 2. The molecule has 0 bridgehead atoms. The number of thioether (sulfide) groups is 1. The van der Waals surface area contributed by atoms with Gasteiger partial charge < -0.3 is 10.1 Å². The third kappa shape index (κ3) is 3.99. The minimum Gasteiger partial charge on any atom is -0.366 e. The van der Waals surface area contributed by atoms with Crippen molar-refractivity contribution in [3.63, 3.8) is 0 Å². The number of hydrogen-bond acceptors (Lipinski definition) is 5. The molecule has 2 aliphatic rings. The zero-order valence-corrected chi connectivity index (χ0v) is 17.2. The molecule has 2 aromatic rings. The highest BCUT2D eigenvalue weighted by Gasteiger charge is 2.50. The molecule has 9 heteroatoms. The van der Waals surface area contributed by atoms with Gasteiger partial charge in [-0.2, -0.15) is 0 Å². The number of aliphatic imine (C=N–C) groups is 1. The molecule has 2 heterocycles. The lowest BCUT2D eigenvalue weighted by Crippen LogP contribution is -2.52. The summed E-state index contributed by atoms with van der Waals surface area (Å²) in [5.41, 5.74) is -0.593. The molecular formula is C21H17ClF2N2O3S. The first-order valence-corrected chi connectivity index (χ1v) is 10.6. The van der Waals surface area contributed by atoms with Crippen LogP contribution in [-0.4, -0.2) is 34.8 Å². The van der Waals surface area contributed by atoms with E-state index in [1.165, 1.54) is 17.8 Å². The SMILES string of the molecule is O=C(NC1=N[C@@]2(c3ccc(F)cc3F)CO[C@@H](C(=O)Cl)C[C@H]2CS1)c1ccccc1. The van der Waals surface area contributed by atoms with Crippen LogP contribution in [0.1, 0.15) is 22.3 Å². The average molecular weight is 451 g/mol. The molecule has 2 aliphatic heterocycles. The van der Waals surface area contributed by atoms with Gasteiger partial charge in [-0.3, -0.25) is 9.59 Å². The van der Waals surface area contributed by atoms with E-state index in [9.17, 15) is 18.4 Å². The maximum absolute atomic E-state index is 14.8. The van der Waals surface area contributed by atoms with Crippen molar-refractivity contribution in [2.45, 2.75) is 18.1 Å². The Morgan fingerprint density at radius 1 is 1.20 bits per heavy atom. The number of fused-ring (bicyclic) bond motifs is 1. The molecule has 4 rings (SSSR count). The second kappa shape index (κ2) is 8.45. The fourth-order valence-corrected chi connectivity index (χ4v) is 5.08. The number of nitrogens with one attached hydrogen (secondary N) is 1. The van der Waals surface area contributed by atoms with Gasteiger partial charge in [0.15, 0.2) is 5.17 Å². The monoisotopic (exact) mass is 450 g/mol. The van der Waals surface area contributed by atoms with Gasteiger partial charge in [0.25, 0.3) is 11.1 Å². The summed E-state index contributed by atoms with van der Waals surface area (Å²) in [5.74, 6) is -1.65. The summed E-state index contributed by atoms with van der Waals surface area (Å²) in [5, 5.41) is 2.44. The summed E-state index contributed by atoms with van der Waals surface area (Å²) in [6.45, 7) is -0.116. The van der Waals surface area contributed by atoms with Crippen molar-refractivity contribution in [3.8, 4) is 0 Å². The fourth-order valence-electron chi connectivity index (χ4n) is 3.77. The predicted molar refractivity (Wildman–Crippen MR) is 111 cm³/mol. The molecule has 2 aromatic carbocycles. The van der Waals surface area contributed by atoms with E-state index >= 15 is 0 Å². The van der Waals surface area contributed by atoms with E-state index < -0.39 is 28.5 Å². The van der Waals surface area contributed by atoms with E-state index in [2.05, 4.69) is 10.3 Å². The van der Waals surface area contributed by atoms with Crippen LogP contribution >= 0.6 is 23.4 Å². The van der Waals surface area contributed by atoms with Crippen LogP contribution in [0.3, 0.4) is 0 Å². The standard InChI is InChI=1S/C21H17ClF2N2O3S/c22-18(27)17-8-13-10-30-20(25-19(28)12-4-2-1-3-5-12)26-21(13,11-29-17)15-7-6-14(23)9-16(15)24/h1-7,9,13,17H,8,10-11H2,(H,25,26,28)/t13-,17+,21-/m0/s1. The van der Waals surface area contributed by atoms with E-state index in [0.717, 1.165) is 12.1 Å². The van der Waals surface area contributed by atoms with E-state index in [0.29, 0.717) is 16.5 Å². The van der Waals surface area contributed by atoms with Gasteiger partial charge in [0, 0.05) is 28.9 Å². The molecule has 1 fully saturated rings. The van der Waals surface area contributed by atoms with Crippen molar-refractivity contribution < 1.29 is 23.1 Å². The molecular weight excluding hydrogens is 434 g/mol. The number of nitrogens with zero attached hydrogens (tertiary/aromatic N) is 1. The number of amides is 1.